The third kappa shape index (κ3) is 1.54. The summed E-state index contributed by atoms with van der Waals surface area (Å²) in [6.07, 6.45) is 6.07. The summed E-state index contributed by atoms with van der Waals surface area (Å²) in [6.45, 7) is 1.92. The highest BCUT2D eigenvalue weighted by Gasteiger charge is 2.26. The van der Waals surface area contributed by atoms with Crippen LogP contribution in [0.1, 0.15) is 24.6 Å². The predicted octanol–water partition coefficient (Wildman–Crippen LogP) is 1.57. The topological polar surface area (TPSA) is 69.6 Å². The van der Waals surface area contributed by atoms with Gasteiger partial charge in [-0.05, 0) is 19.8 Å². The minimum atomic E-state index is 0.506. The van der Waals surface area contributed by atoms with Crippen molar-refractivity contribution >= 4 is 5.82 Å². The maximum Gasteiger partial charge on any atom is 0.180 e. The fraction of sp³-hybridized carbons (Fsp3) is 0.364. The summed E-state index contributed by atoms with van der Waals surface area (Å²) in [5.41, 5.74) is 7.56. The first-order valence-electron chi connectivity index (χ1n) is 5.37. The number of aryl methyl sites for hydroxylation is 1. The molecule has 82 valence electrons. The molecule has 0 saturated heterocycles. The Bertz CT molecular complexity index is 507. The lowest BCUT2D eigenvalue weighted by molar-refractivity contribution is 0.743. The quantitative estimate of drug-likeness (QED) is 0.825. The Balaban J connectivity index is 2.10. The van der Waals surface area contributed by atoms with Crippen LogP contribution in [0.4, 0.5) is 5.82 Å². The van der Waals surface area contributed by atoms with Gasteiger partial charge in [-0.2, -0.15) is 0 Å². The van der Waals surface area contributed by atoms with Crippen LogP contribution in [0.15, 0.2) is 18.6 Å². The molecule has 1 saturated carbocycles. The molecule has 0 radical (unpaired) electrons. The first-order valence-corrected chi connectivity index (χ1v) is 5.37. The summed E-state index contributed by atoms with van der Waals surface area (Å²) in [6, 6.07) is 2.34. The number of aromatic nitrogens is 4. The zero-order valence-corrected chi connectivity index (χ0v) is 9.09. The Morgan fingerprint density at radius 1 is 1.38 bits per heavy atom. The van der Waals surface area contributed by atoms with E-state index in [0.717, 1.165) is 11.4 Å². The second kappa shape index (κ2) is 3.30. The summed E-state index contributed by atoms with van der Waals surface area (Å²) in [5.74, 6) is 1.17. The minimum absolute atomic E-state index is 0.506. The van der Waals surface area contributed by atoms with E-state index in [1.165, 1.54) is 12.8 Å². The molecule has 0 unspecified atom stereocenters. The Morgan fingerprint density at radius 2 is 2.19 bits per heavy atom. The smallest absolute Gasteiger partial charge is 0.180 e. The summed E-state index contributed by atoms with van der Waals surface area (Å²) in [7, 11) is 0. The molecule has 2 aromatic heterocycles. The van der Waals surface area contributed by atoms with Crippen LogP contribution >= 0.6 is 0 Å². The molecule has 0 atom stereocenters. The first kappa shape index (κ1) is 9.33. The van der Waals surface area contributed by atoms with Crippen LogP contribution in [0.3, 0.4) is 0 Å². The lowest BCUT2D eigenvalue weighted by atomic mass is 10.3. The molecule has 5 heteroatoms. The SMILES string of the molecule is Cc1cc(N)nc(-c2cncn2C2CC2)n1. The van der Waals surface area contributed by atoms with Crippen LogP contribution in [0.25, 0.3) is 11.5 Å². The molecule has 2 N–H and O–H groups in total. The van der Waals surface area contributed by atoms with Gasteiger partial charge in [0, 0.05) is 17.8 Å². The Morgan fingerprint density at radius 3 is 2.88 bits per heavy atom. The number of imidazole rings is 1. The van der Waals surface area contributed by atoms with Gasteiger partial charge in [-0.1, -0.05) is 0 Å². The highest BCUT2D eigenvalue weighted by Crippen LogP contribution is 2.37. The highest BCUT2D eigenvalue weighted by atomic mass is 15.1. The molecule has 0 aromatic carbocycles. The molecule has 3 rings (SSSR count). The molecule has 16 heavy (non-hydrogen) atoms. The van der Waals surface area contributed by atoms with Crippen molar-refractivity contribution < 1.29 is 0 Å². The first-order chi connectivity index (χ1) is 7.74. The molecule has 1 aliphatic carbocycles. The zero-order valence-electron chi connectivity index (χ0n) is 9.09. The molecular weight excluding hydrogens is 202 g/mol. The van der Waals surface area contributed by atoms with Gasteiger partial charge >= 0.3 is 0 Å². The van der Waals surface area contributed by atoms with Crippen molar-refractivity contribution in [1.82, 2.24) is 19.5 Å². The van der Waals surface area contributed by atoms with E-state index in [-0.39, 0.29) is 0 Å². The normalized spacial score (nSPS) is 15.3. The molecule has 1 aliphatic rings. The largest absolute Gasteiger partial charge is 0.384 e. The van der Waals surface area contributed by atoms with Gasteiger partial charge in [0.15, 0.2) is 5.82 Å². The molecular formula is C11H13N5. The predicted molar refractivity (Wildman–Crippen MR) is 60.7 cm³/mol. The molecule has 0 aliphatic heterocycles. The highest BCUT2D eigenvalue weighted by molar-refractivity contribution is 5.52. The average Bonchev–Trinajstić information content (AvgIpc) is 2.94. The Kier molecular flexibility index (Phi) is 1.92. The fourth-order valence-electron chi connectivity index (χ4n) is 1.83. The van der Waals surface area contributed by atoms with Crippen molar-refractivity contribution in [2.45, 2.75) is 25.8 Å². The third-order valence-corrected chi connectivity index (χ3v) is 2.71. The lowest BCUT2D eigenvalue weighted by Gasteiger charge is -2.06. The van der Waals surface area contributed by atoms with Crippen LogP contribution < -0.4 is 5.73 Å². The molecule has 5 nitrogen and oxygen atoms in total. The Hall–Kier alpha value is -1.91. The summed E-state index contributed by atoms with van der Waals surface area (Å²) >= 11 is 0. The van der Waals surface area contributed by atoms with E-state index in [9.17, 15) is 0 Å². The van der Waals surface area contributed by atoms with Gasteiger partial charge in [-0.15, -0.1) is 0 Å². The lowest BCUT2D eigenvalue weighted by Crippen LogP contribution is -2.02. The van der Waals surface area contributed by atoms with Crippen LogP contribution in [-0.4, -0.2) is 19.5 Å². The second-order valence-electron chi connectivity index (χ2n) is 4.18. The van der Waals surface area contributed by atoms with E-state index in [1.807, 2.05) is 13.3 Å². The maximum absolute atomic E-state index is 5.73. The van der Waals surface area contributed by atoms with E-state index < -0.39 is 0 Å². The number of hydrogen-bond donors (Lipinski definition) is 1. The average molecular weight is 215 g/mol. The van der Waals surface area contributed by atoms with Crippen molar-refractivity contribution in [2.24, 2.45) is 0 Å². The molecule has 2 aromatic rings. The van der Waals surface area contributed by atoms with Crippen molar-refractivity contribution in [3.8, 4) is 11.5 Å². The van der Waals surface area contributed by atoms with Gasteiger partial charge in [0.05, 0.1) is 12.5 Å². The third-order valence-electron chi connectivity index (χ3n) is 2.71. The van der Waals surface area contributed by atoms with Crippen LogP contribution in [0.2, 0.25) is 0 Å². The summed E-state index contributed by atoms with van der Waals surface area (Å²) < 4.78 is 2.13. The van der Waals surface area contributed by atoms with Crippen molar-refractivity contribution in [3.05, 3.63) is 24.3 Å². The van der Waals surface area contributed by atoms with Gasteiger partial charge < -0.3 is 10.3 Å². The van der Waals surface area contributed by atoms with Gasteiger partial charge in [0.25, 0.3) is 0 Å². The van der Waals surface area contributed by atoms with E-state index in [1.54, 1.807) is 12.3 Å². The minimum Gasteiger partial charge on any atom is -0.384 e. The maximum atomic E-state index is 5.73. The fourth-order valence-corrected chi connectivity index (χ4v) is 1.83. The van der Waals surface area contributed by atoms with Gasteiger partial charge in [-0.3, -0.25) is 0 Å². The van der Waals surface area contributed by atoms with Gasteiger partial charge in [0.1, 0.15) is 11.5 Å². The van der Waals surface area contributed by atoms with Gasteiger partial charge in [-0.25, -0.2) is 15.0 Å². The molecule has 0 amide bonds. The van der Waals surface area contributed by atoms with Crippen LogP contribution in [0.5, 0.6) is 0 Å². The van der Waals surface area contributed by atoms with Crippen LogP contribution in [-0.2, 0) is 0 Å². The molecule has 0 spiro atoms. The Labute approximate surface area is 93.4 Å². The summed E-state index contributed by atoms with van der Waals surface area (Å²) in [5, 5.41) is 0. The zero-order chi connectivity index (χ0) is 11.1. The number of rotatable bonds is 2. The van der Waals surface area contributed by atoms with E-state index >= 15 is 0 Å². The number of nitrogen functional groups attached to an aromatic ring is 1. The summed E-state index contributed by atoms with van der Waals surface area (Å²) in [4.78, 5) is 12.8. The van der Waals surface area contributed by atoms with Crippen molar-refractivity contribution in [3.63, 3.8) is 0 Å². The molecule has 0 bridgehead atoms. The number of anilines is 1. The number of hydrogen-bond acceptors (Lipinski definition) is 4. The van der Waals surface area contributed by atoms with Crippen molar-refractivity contribution in [1.29, 1.82) is 0 Å². The van der Waals surface area contributed by atoms with E-state index in [4.69, 9.17) is 5.73 Å². The monoisotopic (exact) mass is 215 g/mol. The second-order valence-corrected chi connectivity index (χ2v) is 4.18. The standard InChI is InChI=1S/C11H13N5/c1-7-4-10(12)15-11(14-7)9-5-13-6-16(9)8-2-3-8/h4-6,8H,2-3H2,1H3,(H2,12,14,15). The van der Waals surface area contributed by atoms with Crippen molar-refractivity contribution in [2.75, 3.05) is 5.73 Å². The number of nitrogens with zero attached hydrogens (tertiary/aromatic N) is 4. The van der Waals surface area contributed by atoms with Crippen LogP contribution in [0, 0.1) is 6.92 Å². The molecule has 2 heterocycles. The van der Waals surface area contributed by atoms with E-state index in [0.29, 0.717) is 17.7 Å². The molecule has 1 fully saturated rings. The van der Waals surface area contributed by atoms with E-state index in [2.05, 4.69) is 19.5 Å². The number of nitrogens with two attached hydrogens (primary N) is 1. The van der Waals surface area contributed by atoms with Gasteiger partial charge in [0.2, 0.25) is 0 Å².